The lowest BCUT2D eigenvalue weighted by atomic mass is 10.1. The van der Waals surface area contributed by atoms with Gasteiger partial charge in [0.05, 0.1) is 17.5 Å². The number of likely N-dealkylation sites (tertiary alicyclic amines) is 1. The van der Waals surface area contributed by atoms with Gasteiger partial charge >= 0.3 is 12.0 Å². The van der Waals surface area contributed by atoms with Crippen LogP contribution in [0.5, 0.6) is 5.75 Å². The number of carboxylic acids is 1. The number of ether oxygens (including phenoxy) is 1. The van der Waals surface area contributed by atoms with Gasteiger partial charge in [0.25, 0.3) is 0 Å². The first-order chi connectivity index (χ1) is 11.0. The summed E-state index contributed by atoms with van der Waals surface area (Å²) in [7, 11) is 0. The van der Waals surface area contributed by atoms with Gasteiger partial charge in [0.15, 0.2) is 0 Å². The molecule has 2 rings (SSSR count). The normalized spacial score (nSPS) is 18.5. The van der Waals surface area contributed by atoms with E-state index in [1.165, 1.54) is 4.90 Å². The molecule has 1 aromatic carbocycles. The molecule has 7 heteroatoms. The third-order valence-electron chi connectivity index (χ3n) is 3.89. The summed E-state index contributed by atoms with van der Waals surface area (Å²) in [5.74, 6) is -0.738. The third kappa shape index (κ3) is 4.76. The maximum absolute atomic E-state index is 12.1. The molecule has 1 aliphatic rings. The average Bonchev–Trinajstić information content (AvgIpc) is 3.03. The molecule has 0 bridgehead atoms. The molecular formula is C16H21ClN2O4. The summed E-state index contributed by atoms with van der Waals surface area (Å²) in [6.07, 6.45) is 1.01. The monoisotopic (exact) mass is 340 g/mol. The first-order valence-corrected chi connectivity index (χ1v) is 8.05. The Labute approximate surface area is 140 Å². The minimum Gasteiger partial charge on any atom is -0.487 e. The van der Waals surface area contributed by atoms with Crippen LogP contribution in [0.1, 0.15) is 19.8 Å². The zero-order valence-corrected chi connectivity index (χ0v) is 13.8. The van der Waals surface area contributed by atoms with Crippen molar-refractivity contribution in [2.75, 3.05) is 19.6 Å². The van der Waals surface area contributed by atoms with Crippen LogP contribution in [0.2, 0.25) is 5.02 Å². The maximum Gasteiger partial charge on any atom is 0.317 e. The quantitative estimate of drug-likeness (QED) is 0.834. The van der Waals surface area contributed by atoms with E-state index < -0.39 is 11.9 Å². The predicted octanol–water partition coefficient (Wildman–Crippen LogP) is 2.61. The van der Waals surface area contributed by atoms with E-state index in [9.17, 15) is 9.59 Å². The topological polar surface area (TPSA) is 78.9 Å². The minimum atomic E-state index is -0.853. The van der Waals surface area contributed by atoms with Crippen LogP contribution in [0.4, 0.5) is 4.79 Å². The molecule has 2 unspecified atom stereocenters. The van der Waals surface area contributed by atoms with Crippen LogP contribution < -0.4 is 10.1 Å². The average molecular weight is 341 g/mol. The zero-order valence-electron chi connectivity index (χ0n) is 13.0. The second-order valence-electron chi connectivity index (χ2n) is 5.53. The highest BCUT2D eigenvalue weighted by atomic mass is 35.5. The van der Waals surface area contributed by atoms with Gasteiger partial charge in [-0.1, -0.05) is 30.7 Å². The van der Waals surface area contributed by atoms with Crippen LogP contribution in [0.15, 0.2) is 24.3 Å². The molecular weight excluding hydrogens is 320 g/mol. The molecule has 0 aliphatic carbocycles. The predicted molar refractivity (Wildman–Crippen MR) is 86.9 cm³/mol. The van der Waals surface area contributed by atoms with Crippen molar-refractivity contribution in [2.24, 2.45) is 5.92 Å². The van der Waals surface area contributed by atoms with Crippen LogP contribution in [0, 0.1) is 5.92 Å². The van der Waals surface area contributed by atoms with E-state index in [1.807, 2.05) is 19.1 Å². The first kappa shape index (κ1) is 17.4. The summed E-state index contributed by atoms with van der Waals surface area (Å²) in [5, 5.41) is 12.3. The lowest BCUT2D eigenvalue weighted by Gasteiger charge is -2.21. The van der Waals surface area contributed by atoms with E-state index in [-0.39, 0.29) is 18.7 Å². The number of halogens is 1. The molecule has 1 aromatic rings. The lowest BCUT2D eigenvalue weighted by Crippen LogP contribution is -2.43. The van der Waals surface area contributed by atoms with Crippen molar-refractivity contribution in [2.45, 2.75) is 25.9 Å². The summed E-state index contributed by atoms with van der Waals surface area (Å²) in [5.41, 5.74) is 0. The number of hydrogen-bond acceptors (Lipinski definition) is 3. The van der Waals surface area contributed by atoms with Crippen LogP contribution in [0.3, 0.4) is 0 Å². The van der Waals surface area contributed by atoms with E-state index in [2.05, 4.69) is 5.32 Å². The fraction of sp³-hybridized carbons (Fsp3) is 0.500. The Bertz CT molecular complexity index is 567. The molecule has 0 saturated carbocycles. The Morgan fingerprint density at radius 3 is 2.83 bits per heavy atom. The second-order valence-corrected chi connectivity index (χ2v) is 5.94. The van der Waals surface area contributed by atoms with Crippen molar-refractivity contribution in [1.29, 1.82) is 0 Å². The Kier molecular flexibility index (Phi) is 6.10. The van der Waals surface area contributed by atoms with E-state index in [4.69, 9.17) is 21.4 Å². The van der Waals surface area contributed by atoms with Crippen molar-refractivity contribution >= 4 is 23.6 Å². The number of para-hydroxylation sites is 1. The molecule has 126 valence electrons. The number of benzene rings is 1. The highest BCUT2D eigenvalue weighted by Crippen LogP contribution is 2.24. The Morgan fingerprint density at radius 1 is 1.48 bits per heavy atom. The van der Waals surface area contributed by atoms with Crippen LogP contribution in [0.25, 0.3) is 0 Å². The van der Waals surface area contributed by atoms with Crippen LogP contribution in [-0.4, -0.2) is 47.7 Å². The molecule has 1 saturated heterocycles. The Balaban J connectivity index is 1.82. The van der Waals surface area contributed by atoms with E-state index in [0.717, 1.165) is 0 Å². The fourth-order valence-electron chi connectivity index (χ4n) is 2.45. The summed E-state index contributed by atoms with van der Waals surface area (Å²) in [6.45, 7) is 3.02. The van der Waals surface area contributed by atoms with Crippen LogP contribution >= 0.6 is 11.6 Å². The molecule has 1 heterocycles. The van der Waals surface area contributed by atoms with Gasteiger partial charge in [-0.05, 0) is 25.0 Å². The first-order valence-electron chi connectivity index (χ1n) is 7.68. The molecule has 1 aliphatic heterocycles. The Hall–Kier alpha value is -1.95. The molecule has 2 atom stereocenters. The van der Waals surface area contributed by atoms with Crippen molar-refractivity contribution in [3.8, 4) is 5.75 Å². The van der Waals surface area contributed by atoms with Gasteiger partial charge in [-0.2, -0.15) is 0 Å². The smallest absolute Gasteiger partial charge is 0.317 e. The van der Waals surface area contributed by atoms with E-state index >= 15 is 0 Å². The van der Waals surface area contributed by atoms with Crippen molar-refractivity contribution in [3.05, 3.63) is 29.3 Å². The fourth-order valence-corrected chi connectivity index (χ4v) is 2.63. The number of rotatable bonds is 6. The zero-order chi connectivity index (χ0) is 16.8. The third-order valence-corrected chi connectivity index (χ3v) is 4.20. The number of urea groups is 1. The van der Waals surface area contributed by atoms with Crippen molar-refractivity contribution < 1.29 is 19.4 Å². The van der Waals surface area contributed by atoms with Gasteiger partial charge < -0.3 is 20.1 Å². The minimum absolute atomic E-state index is 0.197. The molecule has 1 fully saturated rings. The number of amides is 2. The number of nitrogens with zero attached hydrogens (tertiary/aromatic N) is 1. The molecule has 23 heavy (non-hydrogen) atoms. The van der Waals surface area contributed by atoms with E-state index in [0.29, 0.717) is 36.7 Å². The van der Waals surface area contributed by atoms with Crippen molar-refractivity contribution in [1.82, 2.24) is 10.2 Å². The van der Waals surface area contributed by atoms with Crippen LogP contribution in [-0.2, 0) is 4.79 Å². The molecule has 0 spiro atoms. The maximum atomic E-state index is 12.1. The van der Waals surface area contributed by atoms with Gasteiger partial charge in [0.2, 0.25) is 0 Å². The summed E-state index contributed by atoms with van der Waals surface area (Å²) < 4.78 is 5.81. The summed E-state index contributed by atoms with van der Waals surface area (Å²) in [6, 6.07) is 6.94. The largest absolute Gasteiger partial charge is 0.487 e. The van der Waals surface area contributed by atoms with Gasteiger partial charge in [0.1, 0.15) is 11.9 Å². The number of hydrogen-bond donors (Lipinski definition) is 2. The molecule has 6 nitrogen and oxygen atoms in total. The van der Waals surface area contributed by atoms with Gasteiger partial charge in [-0.3, -0.25) is 4.79 Å². The summed E-state index contributed by atoms with van der Waals surface area (Å²) >= 11 is 6.06. The highest BCUT2D eigenvalue weighted by molar-refractivity contribution is 6.32. The van der Waals surface area contributed by atoms with Gasteiger partial charge in [-0.25, -0.2) is 4.79 Å². The van der Waals surface area contributed by atoms with Crippen molar-refractivity contribution in [3.63, 3.8) is 0 Å². The van der Waals surface area contributed by atoms with Gasteiger partial charge in [-0.15, -0.1) is 0 Å². The van der Waals surface area contributed by atoms with Gasteiger partial charge in [0, 0.05) is 13.1 Å². The highest BCUT2D eigenvalue weighted by Gasteiger charge is 2.30. The molecule has 2 amide bonds. The van der Waals surface area contributed by atoms with E-state index in [1.54, 1.807) is 12.1 Å². The number of carboxylic acid groups (broad SMARTS) is 1. The number of nitrogens with one attached hydrogen (secondary N) is 1. The molecule has 2 N–H and O–H groups in total. The standard InChI is InChI=1S/C16H21ClN2O4/c1-2-12(23-14-6-4-3-5-13(14)17)9-18-16(22)19-8-7-11(10-19)15(20)21/h3-6,11-12H,2,7-10H2,1H3,(H,18,22)(H,20,21). The number of carbonyl (C=O) groups is 2. The summed E-state index contributed by atoms with van der Waals surface area (Å²) in [4.78, 5) is 24.5. The molecule has 0 aromatic heterocycles. The molecule has 0 radical (unpaired) electrons. The lowest BCUT2D eigenvalue weighted by molar-refractivity contribution is -0.141. The number of carbonyl (C=O) groups excluding carboxylic acids is 1. The Morgan fingerprint density at radius 2 is 2.22 bits per heavy atom. The SMILES string of the molecule is CCC(CNC(=O)N1CCC(C(=O)O)C1)Oc1ccccc1Cl. The second kappa shape index (κ2) is 8.06. The number of aliphatic carboxylic acids is 1.